The van der Waals surface area contributed by atoms with Gasteiger partial charge in [-0.05, 0) is 50.5 Å². The average molecular weight is 350 g/mol. The summed E-state index contributed by atoms with van der Waals surface area (Å²) in [4.78, 5) is 22.0. The number of imidazole rings is 1. The molecule has 6 heteroatoms. The second-order valence-corrected chi connectivity index (χ2v) is 8.50. The topological polar surface area (TPSA) is 60.9 Å². The van der Waals surface area contributed by atoms with Crippen LogP contribution in [-0.4, -0.2) is 56.6 Å². The SMILES string of the molecule is C1=C2CCCN(c3ncnc4nc[nH]c34)[C@H]2C2CC1[C@H]1CCCCN1C2. The van der Waals surface area contributed by atoms with Crippen LogP contribution in [0.4, 0.5) is 5.82 Å². The van der Waals surface area contributed by atoms with E-state index in [1.165, 1.54) is 51.6 Å². The van der Waals surface area contributed by atoms with Crippen molar-refractivity contribution in [2.75, 3.05) is 24.5 Å². The van der Waals surface area contributed by atoms with Gasteiger partial charge in [-0.25, -0.2) is 15.0 Å². The Hall–Kier alpha value is -1.95. The lowest BCUT2D eigenvalue weighted by molar-refractivity contribution is 0.0309. The van der Waals surface area contributed by atoms with Crippen LogP contribution < -0.4 is 4.90 Å². The van der Waals surface area contributed by atoms with Gasteiger partial charge < -0.3 is 9.88 Å². The third kappa shape index (κ3) is 2.17. The van der Waals surface area contributed by atoms with Crippen LogP contribution in [0.2, 0.25) is 0 Å². The van der Waals surface area contributed by atoms with Gasteiger partial charge in [-0.15, -0.1) is 0 Å². The van der Waals surface area contributed by atoms with Crippen molar-refractivity contribution in [3.63, 3.8) is 0 Å². The zero-order chi connectivity index (χ0) is 17.1. The van der Waals surface area contributed by atoms with Crippen molar-refractivity contribution in [2.45, 2.75) is 50.6 Å². The number of aromatic amines is 1. The smallest absolute Gasteiger partial charge is 0.182 e. The molecule has 4 aliphatic rings. The molecule has 2 unspecified atom stereocenters. The van der Waals surface area contributed by atoms with Gasteiger partial charge in [0, 0.05) is 19.1 Å². The highest BCUT2D eigenvalue weighted by Gasteiger charge is 2.46. The van der Waals surface area contributed by atoms with Crippen molar-refractivity contribution in [3.05, 3.63) is 24.3 Å². The van der Waals surface area contributed by atoms with Gasteiger partial charge >= 0.3 is 0 Å². The van der Waals surface area contributed by atoms with Gasteiger partial charge in [0.25, 0.3) is 0 Å². The molecule has 2 aromatic heterocycles. The minimum atomic E-state index is 0.504. The summed E-state index contributed by atoms with van der Waals surface area (Å²) in [5.74, 6) is 2.54. The van der Waals surface area contributed by atoms with Gasteiger partial charge in [0.2, 0.25) is 0 Å². The van der Waals surface area contributed by atoms with Crippen molar-refractivity contribution < 1.29 is 0 Å². The number of anilines is 1. The standard InChI is InChI=1S/C20H26N6/c1-2-6-25-10-15-9-14(16(25)5-1)8-13-4-3-7-26(18(13)15)20-17-19(22-11-21-17)23-12-24-20/h8,11-12,14-16,18H,1-7,9-10H2,(H,21,22,23,24)/t14?,15?,16-,18-/m1/s1. The zero-order valence-electron chi connectivity index (χ0n) is 15.1. The van der Waals surface area contributed by atoms with Crippen molar-refractivity contribution in [1.82, 2.24) is 24.8 Å². The first-order chi connectivity index (χ1) is 12.9. The molecule has 5 heterocycles. The van der Waals surface area contributed by atoms with Crippen LogP contribution in [0.25, 0.3) is 11.2 Å². The lowest BCUT2D eigenvalue weighted by Gasteiger charge is -2.55. The van der Waals surface area contributed by atoms with Crippen molar-refractivity contribution in [1.29, 1.82) is 0 Å². The molecule has 1 N–H and O–H groups in total. The molecule has 6 nitrogen and oxygen atoms in total. The highest BCUT2D eigenvalue weighted by atomic mass is 15.3. The summed E-state index contributed by atoms with van der Waals surface area (Å²) in [7, 11) is 0. The maximum atomic E-state index is 4.68. The van der Waals surface area contributed by atoms with Crippen molar-refractivity contribution in [2.24, 2.45) is 11.8 Å². The largest absolute Gasteiger partial charge is 0.348 e. The number of aromatic nitrogens is 4. The Bertz CT molecular complexity index is 857. The maximum Gasteiger partial charge on any atom is 0.182 e. The third-order valence-corrected chi connectivity index (χ3v) is 7.13. The van der Waals surface area contributed by atoms with Crippen LogP contribution in [0.5, 0.6) is 0 Å². The number of piperidine rings is 3. The van der Waals surface area contributed by atoms with E-state index in [4.69, 9.17) is 0 Å². The van der Waals surface area contributed by atoms with E-state index in [1.54, 1.807) is 18.2 Å². The van der Waals surface area contributed by atoms with E-state index in [-0.39, 0.29) is 0 Å². The first-order valence-corrected chi connectivity index (χ1v) is 10.2. The molecular weight excluding hydrogens is 324 g/mol. The van der Waals surface area contributed by atoms with Crippen LogP contribution in [0.15, 0.2) is 24.3 Å². The number of fused-ring (bicyclic) bond motifs is 7. The fourth-order valence-corrected chi connectivity index (χ4v) is 6.18. The minimum Gasteiger partial charge on any atom is -0.348 e. The molecule has 0 spiro atoms. The van der Waals surface area contributed by atoms with E-state index in [2.05, 4.69) is 35.8 Å². The molecule has 2 aromatic rings. The fourth-order valence-electron chi connectivity index (χ4n) is 6.18. The fraction of sp³-hybridized carbons (Fsp3) is 0.650. The highest BCUT2D eigenvalue weighted by molar-refractivity contribution is 5.83. The molecule has 26 heavy (non-hydrogen) atoms. The summed E-state index contributed by atoms with van der Waals surface area (Å²) < 4.78 is 0. The molecule has 4 atom stereocenters. The van der Waals surface area contributed by atoms with E-state index in [1.807, 2.05) is 0 Å². The van der Waals surface area contributed by atoms with E-state index >= 15 is 0 Å². The Labute approximate surface area is 153 Å². The lowest BCUT2D eigenvalue weighted by atomic mass is 9.68. The number of H-pyrrole nitrogens is 1. The quantitative estimate of drug-likeness (QED) is 0.802. The molecule has 3 aliphatic heterocycles. The molecule has 0 radical (unpaired) electrons. The second kappa shape index (κ2) is 5.78. The van der Waals surface area contributed by atoms with Crippen LogP contribution in [0.3, 0.4) is 0 Å². The van der Waals surface area contributed by atoms with Gasteiger partial charge in [0.1, 0.15) is 11.8 Å². The number of nitrogens with one attached hydrogen (secondary N) is 1. The van der Waals surface area contributed by atoms with Crippen LogP contribution in [0.1, 0.15) is 38.5 Å². The Balaban J connectivity index is 1.42. The Morgan fingerprint density at radius 2 is 2.08 bits per heavy atom. The molecule has 3 saturated heterocycles. The number of hydrogen-bond donors (Lipinski definition) is 1. The molecule has 2 bridgehead atoms. The first-order valence-electron chi connectivity index (χ1n) is 10.2. The zero-order valence-corrected chi connectivity index (χ0v) is 15.1. The van der Waals surface area contributed by atoms with Crippen LogP contribution >= 0.6 is 0 Å². The second-order valence-electron chi connectivity index (χ2n) is 8.50. The monoisotopic (exact) mass is 350 g/mol. The Morgan fingerprint density at radius 1 is 1.08 bits per heavy atom. The minimum absolute atomic E-state index is 0.504. The molecule has 0 amide bonds. The molecule has 0 aromatic carbocycles. The summed E-state index contributed by atoms with van der Waals surface area (Å²) >= 11 is 0. The maximum absolute atomic E-state index is 4.68. The van der Waals surface area contributed by atoms with Gasteiger partial charge in [-0.1, -0.05) is 18.1 Å². The van der Waals surface area contributed by atoms with E-state index < -0.39 is 0 Å². The average Bonchev–Trinajstić information content (AvgIpc) is 3.16. The highest BCUT2D eigenvalue weighted by Crippen LogP contribution is 2.46. The molecular formula is C20H26N6. The van der Waals surface area contributed by atoms with Gasteiger partial charge in [-0.2, -0.15) is 0 Å². The number of rotatable bonds is 1. The number of hydrogen-bond acceptors (Lipinski definition) is 5. The van der Waals surface area contributed by atoms with Gasteiger partial charge in [0.15, 0.2) is 11.5 Å². The molecule has 1 aliphatic carbocycles. The summed E-state index contributed by atoms with van der Waals surface area (Å²) in [6.45, 7) is 3.64. The first kappa shape index (κ1) is 15.1. The number of nitrogens with zero attached hydrogens (tertiary/aromatic N) is 5. The molecule has 3 fully saturated rings. The summed E-state index contributed by atoms with van der Waals surface area (Å²) in [5.41, 5.74) is 3.44. The predicted octanol–water partition coefficient (Wildman–Crippen LogP) is 2.75. The summed E-state index contributed by atoms with van der Waals surface area (Å²) in [5, 5.41) is 0. The summed E-state index contributed by atoms with van der Waals surface area (Å²) in [6.07, 6.45) is 14.1. The third-order valence-electron chi connectivity index (χ3n) is 7.13. The summed E-state index contributed by atoms with van der Waals surface area (Å²) in [6, 6.07) is 1.31. The predicted molar refractivity (Wildman–Crippen MR) is 101 cm³/mol. The lowest BCUT2D eigenvalue weighted by Crippen LogP contribution is -2.59. The van der Waals surface area contributed by atoms with Gasteiger partial charge in [-0.3, -0.25) is 4.90 Å². The van der Waals surface area contributed by atoms with E-state index in [0.29, 0.717) is 6.04 Å². The Morgan fingerprint density at radius 3 is 3.08 bits per heavy atom. The van der Waals surface area contributed by atoms with Crippen LogP contribution in [0, 0.1) is 11.8 Å². The molecule has 136 valence electrons. The molecule has 6 rings (SSSR count). The van der Waals surface area contributed by atoms with E-state index in [9.17, 15) is 0 Å². The Kier molecular flexibility index (Phi) is 3.36. The normalized spacial score (nSPS) is 34.3. The van der Waals surface area contributed by atoms with Gasteiger partial charge in [0.05, 0.1) is 12.4 Å². The van der Waals surface area contributed by atoms with Crippen LogP contribution in [-0.2, 0) is 0 Å². The molecule has 0 saturated carbocycles. The van der Waals surface area contributed by atoms with Crippen molar-refractivity contribution >= 4 is 17.0 Å². The van der Waals surface area contributed by atoms with Crippen molar-refractivity contribution in [3.8, 4) is 0 Å². The van der Waals surface area contributed by atoms with E-state index in [0.717, 1.165) is 41.4 Å².